The zero-order chi connectivity index (χ0) is 18.3. The van der Waals surface area contributed by atoms with E-state index < -0.39 is 0 Å². The Morgan fingerprint density at radius 2 is 1.16 bits per heavy atom. The highest BCUT2D eigenvalue weighted by Gasteiger charge is 2.34. The monoisotopic (exact) mass is 376 g/mol. The SMILES string of the molecule is CCCCCCCCCCCCCCCC(C)C(C)(C)C(=O)OC.Cl. The molecule has 0 aliphatic rings. The van der Waals surface area contributed by atoms with Gasteiger partial charge >= 0.3 is 5.97 Å². The van der Waals surface area contributed by atoms with Gasteiger partial charge in [0.1, 0.15) is 0 Å². The van der Waals surface area contributed by atoms with Crippen LogP contribution in [0.5, 0.6) is 0 Å². The van der Waals surface area contributed by atoms with E-state index in [1.165, 1.54) is 90.6 Å². The van der Waals surface area contributed by atoms with Crippen LogP contribution in [-0.4, -0.2) is 13.1 Å². The van der Waals surface area contributed by atoms with Crippen LogP contribution in [0.1, 0.15) is 118 Å². The Bertz CT molecular complexity index is 302. The third-order valence-electron chi connectivity index (χ3n) is 5.68. The predicted octanol–water partition coefficient (Wildman–Crippen LogP) is 7.72. The average molecular weight is 377 g/mol. The fourth-order valence-corrected chi connectivity index (χ4v) is 3.29. The van der Waals surface area contributed by atoms with E-state index in [9.17, 15) is 4.79 Å². The van der Waals surface area contributed by atoms with Gasteiger partial charge in [0.2, 0.25) is 0 Å². The average Bonchev–Trinajstić information content (AvgIpc) is 2.57. The summed E-state index contributed by atoms with van der Waals surface area (Å²) < 4.78 is 4.92. The summed E-state index contributed by atoms with van der Waals surface area (Å²) in [5.41, 5.74) is -0.355. The van der Waals surface area contributed by atoms with Crippen LogP contribution in [0, 0.1) is 11.3 Å². The molecule has 1 unspecified atom stereocenters. The first-order chi connectivity index (χ1) is 11.5. The molecule has 0 heterocycles. The van der Waals surface area contributed by atoms with Crippen molar-refractivity contribution in [1.29, 1.82) is 0 Å². The quantitative estimate of drug-likeness (QED) is 0.203. The summed E-state index contributed by atoms with van der Waals surface area (Å²) in [5.74, 6) is 0.308. The molecule has 0 bridgehead atoms. The summed E-state index contributed by atoms with van der Waals surface area (Å²) in [6.07, 6.45) is 19.1. The van der Waals surface area contributed by atoms with E-state index in [-0.39, 0.29) is 23.8 Å². The molecule has 0 aliphatic carbocycles. The van der Waals surface area contributed by atoms with Gasteiger partial charge in [0.25, 0.3) is 0 Å². The second-order valence-corrected chi connectivity index (χ2v) is 8.15. The van der Waals surface area contributed by atoms with E-state index in [2.05, 4.69) is 13.8 Å². The van der Waals surface area contributed by atoms with Gasteiger partial charge in [-0.15, -0.1) is 12.4 Å². The van der Waals surface area contributed by atoms with Crippen molar-refractivity contribution in [2.45, 2.75) is 118 Å². The first-order valence-corrected chi connectivity index (χ1v) is 10.5. The normalized spacial score (nSPS) is 12.5. The molecule has 0 rings (SSSR count). The molecule has 0 saturated carbocycles. The minimum absolute atomic E-state index is 0. The summed E-state index contributed by atoms with van der Waals surface area (Å²) in [4.78, 5) is 11.8. The summed E-state index contributed by atoms with van der Waals surface area (Å²) in [6, 6.07) is 0. The number of methoxy groups -OCH3 is 1. The van der Waals surface area contributed by atoms with Gasteiger partial charge in [0.05, 0.1) is 12.5 Å². The summed E-state index contributed by atoms with van der Waals surface area (Å²) >= 11 is 0. The van der Waals surface area contributed by atoms with E-state index in [0.29, 0.717) is 5.92 Å². The number of carbonyl (C=O) groups excluding carboxylic acids is 1. The molecule has 0 aromatic heterocycles. The Hall–Kier alpha value is -0.240. The van der Waals surface area contributed by atoms with Crippen molar-refractivity contribution in [3.05, 3.63) is 0 Å². The van der Waals surface area contributed by atoms with Crippen molar-refractivity contribution < 1.29 is 9.53 Å². The minimum atomic E-state index is -0.355. The summed E-state index contributed by atoms with van der Waals surface area (Å²) in [6.45, 7) is 8.47. The summed E-state index contributed by atoms with van der Waals surface area (Å²) in [7, 11) is 1.49. The van der Waals surface area contributed by atoms with Crippen LogP contribution in [0.3, 0.4) is 0 Å². The molecule has 0 spiro atoms. The van der Waals surface area contributed by atoms with E-state index in [0.717, 1.165) is 6.42 Å². The maximum atomic E-state index is 11.8. The Morgan fingerprint density at radius 3 is 1.52 bits per heavy atom. The predicted molar refractivity (Wildman–Crippen MR) is 113 cm³/mol. The lowest BCUT2D eigenvalue weighted by atomic mass is 9.77. The first-order valence-electron chi connectivity index (χ1n) is 10.5. The molecule has 0 aromatic rings. The van der Waals surface area contributed by atoms with Gasteiger partial charge in [-0.3, -0.25) is 4.79 Å². The Morgan fingerprint density at radius 1 is 0.800 bits per heavy atom. The van der Waals surface area contributed by atoms with E-state index >= 15 is 0 Å². The standard InChI is InChI=1S/C22H44O2.ClH/c1-6-7-8-9-10-11-12-13-14-15-16-17-18-19-20(2)22(3,4)21(23)24-5;/h20H,6-19H2,1-5H3;1H. The molecule has 2 nitrogen and oxygen atoms in total. The van der Waals surface area contributed by atoms with Crippen molar-refractivity contribution in [3.63, 3.8) is 0 Å². The van der Waals surface area contributed by atoms with Gasteiger partial charge in [-0.25, -0.2) is 0 Å². The van der Waals surface area contributed by atoms with Crippen molar-refractivity contribution in [2.75, 3.05) is 7.11 Å². The molecule has 1 atom stereocenters. The molecule has 152 valence electrons. The fourth-order valence-electron chi connectivity index (χ4n) is 3.29. The second-order valence-electron chi connectivity index (χ2n) is 8.15. The first kappa shape index (κ1) is 27.0. The zero-order valence-corrected chi connectivity index (χ0v) is 18.5. The highest BCUT2D eigenvalue weighted by molar-refractivity contribution is 5.85. The van der Waals surface area contributed by atoms with Crippen LogP contribution in [-0.2, 0) is 9.53 Å². The van der Waals surface area contributed by atoms with Crippen LogP contribution in [0.25, 0.3) is 0 Å². The smallest absolute Gasteiger partial charge is 0.311 e. The maximum absolute atomic E-state index is 11.8. The van der Waals surface area contributed by atoms with Gasteiger partial charge in [0.15, 0.2) is 0 Å². The van der Waals surface area contributed by atoms with Gasteiger partial charge in [0, 0.05) is 0 Å². The Balaban J connectivity index is 0. The highest BCUT2D eigenvalue weighted by Crippen LogP contribution is 2.32. The molecule has 0 N–H and O–H groups in total. The van der Waals surface area contributed by atoms with Gasteiger partial charge in [-0.2, -0.15) is 0 Å². The van der Waals surface area contributed by atoms with E-state index in [4.69, 9.17) is 4.74 Å². The molecule has 0 amide bonds. The molecule has 0 fully saturated rings. The Labute approximate surface area is 164 Å². The largest absolute Gasteiger partial charge is 0.469 e. The van der Waals surface area contributed by atoms with Crippen LogP contribution >= 0.6 is 12.4 Å². The molecule has 3 heteroatoms. The number of hydrogen-bond donors (Lipinski definition) is 0. The lowest BCUT2D eigenvalue weighted by Crippen LogP contribution is -2.32. The lowest BCUT2D eigenvalue weighted by Gasteiger charge is -2.28. The molecule has 0 saturated heterocycles. The number of unbranched alkanes of at least 4 members (excludes halogenated alkanes) is 12. The van der Waals surface area contributed by atoms with Crippen LogP contribution in [0.15, 0.2) is 0 Å². The number of halogens is 1. The number of rotatable bonds is 16. The highest BCUT2D eigenvalue weighted by atomic mass is 35.5. The number of hydrogen-bond acceptors (Lipinski definition) is 2. The van der Waals surface area contributed by atoms with E-state index in [1.807, 2.05) is 13.8 Å². The molecule has 0 radical (unpaired) electrons. The van der Waals surface area contributed by atoms with E-state index in [1.54, 1.807) is 0 Å². The lowest BCUT2D eigenvalue weighted by molar-refractivity contribution is -0.153. The zero-order valence-electron chi connectivity index (χ0n) is 17.7. The number of ether oxygens (including phenoxy) is 1. The van der Waals surface area contributed by atoms with Crippen molar-refractivity contribution >= 4 is 18.4 Å². The molecule has 25 heavy (non-hydrogen) atoms. The van der Waals surface area contributed by atoms with Crippen LogP contribution in [0.4, 0.5) is 0 Å². The van der Waals surface area contributed by atoms with Crippen molar-refractivity contribution in [3.8, 4) is 0 Å². The van der Waals surface area contributed by atoms with Crippen LogP contribution < -0.4 is 0 Å². The maximum Gasteiger partial charge on any atom is 0.311 e. The second kappa shape index (κ2) is 17.2. The topological polar surface area (TPSA) is 26.3 Å². The molecular formula is C22H45ClO2. The van der Waals surface area contributed by atoms with Gasteiger partial charge < -0.3 is 4.74 Å². The molecule has 0 aromatic carbocycles. The molecular weight excluding hydrogens is 332 g/mol. The fraction of sp³-hybridized carbons (Fsp3) is 0.955. The molecule has 0 aliphatic heterocycles. The van der Waals surface area contributed by atoms with Crippen LogP contribution in [0.2, 0.25) is 0 Å². The summed E-state index contributed by atoms with van der Waals surface area (Å²) in [5, 5.41) is 0. The number of esters is 1. The Kier molecular flexibility index (Phi) is 18.6. The third kappa shape index (κ3) is 13.6. The van der Waals surface area contributed by atoms with Gasteiger partial charge in [-0.05, 0) is 26.2 Å². The van der Waals surface area contributed by atoms with Gasteiger partial charge in [-0.1, -0.05) is 97.3 Å². The number of carbonyl (C=O) groups is 1. The van der Waals surface area contributed by atoms with Crippen molar-refractivity contribution in [1.82, 2.24) is 0 Å². The van der Waals surface area contributed by atoms with Crippen molar-refractivity contribution in [2.24, 2.45) is 11.3 Å². The third-order valence-corrected chi connectivity index (χ3v) is 5.68. The minimum Gasteiger partial charge on any atom is -0.469 e.